The van der Waals surface area contributed by atoms with E-state index in [4.69, 9.17) is 9.47 Å². The van der Waals surface area contributed by atoms with Crippen LogP contribution in [-0.4, -0.2) is 46.0 Å². The average Bonchev–Trinajstić information content (AvgIpc) is 2.49. The largest absolute Gasteiger partial charge is 0.489 e. The van der Waals surface area contributed by atoms with Crippen LogP contribution < -0.4 is 15.0 Å². The fourth-order valence-electron chi connectivity index (χ4n) is 2.26. The van der Waals surface area contributed by atoms with Crippen LogP contribution in [0.4, 0.5) is 5.69 Å². The second-order valence-corrected chi connectivity index (χ2v) is 5.15. The van der Waals surface area contributed by atoms with Gasteiger partial charge in [0, 0.05) is 45.1 Å². The molecule has 1 unspecified atom stereocenters. The van der Waals surface area contributed by atoms with Gasteiger partial charge in [0.25, 0.3) is 0 Å². The maximum absolute atomic E-state index is 5.98. The van der Waals surface area contributed by atoms with Crippen LogP contribution in [0.15, 0.2) is 24.3 Å². The van der Waals surface area contributed by atoms with Crippen LogP contribution in [0.25, 0.3) is 0 Å². The summed E-state index contributed by atoms with van der Waals surface area (Å²) in [6.07, 6.45) is 1.18. The van der Waals surface area contributed by atoms with Crippen LogP contribution in [0.5, 0.6) is 5.75 Å². The molecule has 21 heavy (non-hydrogen) atoms. The average molecular weight is 294 g/mol. The maximum atomic E-state index is 5.98. The molecule has 1 aromatic carbocycles. The smallest absolute Gasteiger partial charge is 0.121 e. The van der Waals surface area contributed by atoms with Crippen LogP contribution in [-0.2, 0) is 4.74 Å². The Morgan fingerprint density at radius 2 is 2.00 bits per heavy atom. The number of ether oxygens (including phenoxy) is 2. The molecular formula is C17H30N2O2. The van der Waals surface area contributed by atoms with Gasteiger partial charge >= 0.3 is 0 Å². The Kier molecular flexibility index (Phi) is 8.87. The predicted octanol–water partition coefficient (Wildman–Crippen LogP) is 2.93. The number of anilines is 1. The van der Waals surface area contributed by atoms with Crippen LogP contribution in [0, 0.1) is 0 Å². The highest BCUT2D eigenvalue weighted by Gasteiger charge is 2.06. The summed E-state index contributed by atoms with van der Waals surface area (Å²) in [5, 5.41) is 3.38. The summed E-state index contributed by atoms with van der Waals surface area (Å²) in [5.74, 6) is 0.936. The first kappa shape index (κ1) is 17.8. The SMILES string of the molecule is CCN(CC)c1cccc(OC(C)CNCCCOC)c1. The second kappa shape index (κ2) is 10.5. The summed E-state index contributed by atoms with van der Waals surface area (Å²) in [4.78, 5) is 2.32. The van der Waals surface area contributed by atoms with Crippen molar-refractivity contribution in [1.29, 1.82) is 0 Å². The van der Waals surface area contributed by atoms with E-state index in [1.165, 1.54) is 5.69 Å². The zero-order valence-corrected chi connectivity index (χ0v) is 13.9. The summed E-state index contributed by atoms with van der Waals surface area (Å²) in [6, 6.07) is 8.33. The Bertz CT molecular complexity index is 381. The topological polar surface area (TPSA) is 33.7 Å². The zero-order valence-electron chi connectivity index (χ0n) is 13.9. The third-order valence-corrected chi connectivity index (χ3v) is 3.42. The number of nitrogens with zero attached hydrogens (tertiary/aromatic N) is 1. The molecule has 0 aliphatic rings. The van der Waals surface area contributed by atoms with E-state index in [1.54, 1.807) is 7.11 Å². The molecular weight excluding hydrogens is 264 g/mol. The zero-order chi connectivity index (χ0) is 15.5. The first-order chi connectivity index (χ1) is 10.2. The molecule has 4 nitrogen and oxygen atoms in total. The Balaban J connectivity index is 2.41. The maximum Gasteiger partial charge on any atom is 0.121 e. The number of nitrogens with one attached hydrogen (secondary N) is 1. The van der Waals surface area contributed by atoms with Gasteiger partial charge in [0.15, 0.2) is 0 Å². The minimum absolute atomic E-state index is 0.152. The fraction of sp³-hybridized carbons (Fsp3) is 0.647. The molecule has 120 valence electrons. The van der Waals surface area contributed by atoms with Gasteiger partial charge in [-0.2, -0.15) is 0 Å². The summed E-state index contributed by atoms with van der Waals surface area (Å²) in [7, 11) is 1.73. The highest BCUT2D eigenvalue weighted by Crippen LogP contribution is 2.21. The van der Waals surface area contributed by atoms with Crippen molar-refractivity contribution in [3.05, 3.63) is 24.3 Å². The van der Waals surface area contributed by atoms with Gasteiger partial charge < -0.3 is 19.7 Å². The molecule has 1 rings (SSSR count). The molecule has 1 atom stereocenters. The number of benzene rings is 1. The van der Waals surface area contributed by atoms with Crippen molar-refractivity contribution in [3.8, 4) is 5.75 Å². The Hall–Kier alpha value is -1.26. The molecule has 0 heterocycles. The van der Waals surface area contributed by atoms with Gasteiger partial charge in [0.2, 0.25) is 0 Å². The van der Waals surface area contributed by atoms with Crippen molar-refractivity contribution in [2.75, 3.05) is 44.8 Å². The Morgan fingerprint density at radius 1 is 1.24 bits per heavy atom. The van der Waals surface area contributed by atoms with Crippen molar-refractivity contribution >= 4 is 5.69 Å². The predicted molar refractivity (Wildman–Crippen MR) is 89.5 cm³/mol. The monoisotopic (exact) mass is 294 g/mol. The molecule has 0 radical (unpaired) electrons. The molecule has 0 spiro atoms. The molecule has 0 saturated heterocycles. The van der Waals surface area contributed by atoms with Crippen molar-refractivity contribution in [1.82, 2.24) is 5.32 Å². The molecule has 0 aromatic heterocycles. The highest BCUT2D eigenvalue weighted by atomic mass is 16.5. The second-order valence-electron chi connectivity index (χ2n) is 5.15. The van der Waals surface area contributed by atoms with E-state index in [0.29, 0.717) is 0 Å². The minimum atomic E-state index is 0.152. The molecule has 0 aliphatic carbocycles. The van der Waals surface area contributed by atoms with E-state index in [2.05, 4.69) is 49.2 Å². The van der Waals surface area contributed by atoms with Gasteiger partial charge in [-0.25, -0.2) is 0 Å². The van der Waals surface area contributed by atoms with E-state index < -0.39 is 0 Å². The normalized spacial score (nSPS) is 12.2. The minimum Gasteiger partial charge on any atom is -0.489 e. The van der Waals surface area contributed by atoms with E-state index in [0.717, 1.165) is 45.0 Å². The summed E-state index contributed by atoms with van der Waals surface area (Å²) < 4.78 is 11.0. The lowest BCUT2D eigenvalue weighted by molar-refractivity contribution is 0.188. The third kappa shape index (κ3) is 6.82. The highest BCUT2D eigenvalue weighted by molar-refractivity contribution is 5.50. The lowest BCUT2D eigenvalue weighted by atomic mass is 10.2. The van der Waals surface area contributed by atoms with E-state index in [9.17, 15) is 0 Å². The fourth-order valence-corrected chi connectivity index (χ4v) is 2.26. The molecule has 0 bridgehead atoms. The van der Waals surface area contributed by atoms with Crippen LogP contribution >= 0.6 is 0 Å². The van der Waals surface area contributed by atoms with Gasteiger partial charge in [-0.3, -0.25) is 0 Å². The number of methoxy groups -OCH3 is 1. The molecule has 1 N–H and O–H groups in total. The lowest BCUT2D eigenvalue weighted by Crippen LogP contribution is -2.30. The quantitative estimate of drug-likeness (QED) is 0.636. The van der Waals surface area contributed by atoms with Crippen molar-refractivity contribution in [2.45, 2.75) is 33.3 Å². The number of rotatable bonds is 11. The molecule has 0 saturated carbocycles. The molecule has 4 heteroatoms. The van der Waals surface area contributed by atoms with Gasteiger partial charge in [-0.1, -0.05) is 6.07 Å². The number of hydrogen-bond donors (Lipinski definition) is 1. The molecule has 0 fully saturated rings. The van der Waals surface area contributed by atoms with Crippen molar-refractivity contribution in [2.24, 2.45) is 0 Å². The number of hydrogen-bond acceptors (Lipinski definition) is 4. The summed E-state index contributed by atoms with van der Waals surface area (Å²) >= 11 is 0. The van der Waals surface area contributed by atoms with E-state index in [-0.39, 0.29) is 6.10 Å². The lowest BCUT2D eigenvalue weighted by Gasteiger charge is -2.22. The third-order valence-electron chi connectivity index (χ3n) is 3.42. The van der Waals surface area contributed by atoms with E-state index in [1.807, 2.05) is 6.07 Å². The first-order valence-electron chi connectivity index (χ1n) is 7.92. The standard InChI is InChI=1S/C17H30N2O2/c1-5-19(6-2)16-9-7-10-17(13-16)21-15(3)14-18-11-8-12-20-4/h7,9-10,13,15,18H,5-6,8,11-12,14H2,1-4H3. The van der Waals surface area contributed by atoms with Crippen LogP contribution in [0.3, 0.4) is 0 Å². The van der Waals surface area contributed by atoms with Crippen LogP contribution in [0.2, 0.25) is 0 Å². The molecule has 1 aromatic rings. The summed E-state index contributed by atoms with van der Waals surface area (Å²) in [5.41, 5.74) is 1.22. The van der Waals surface area contributed by atoms with Gasteiger partial charge in [-0.15, -0.1) is 0 Å². The van der Waals surface area contributed by atoms with Crippen LogP contribution in [0.1, 0.15) is 27.2 Å². The van der Waals surface area contributed by atoms with Crippen molar-refractivity contribution in [3.63, 3.8) is 0 Å². The molecule has 0 amide bonds. The van der Waals surface area contributed by atoms with Gasteiger partial charge in [-0.05, 0) is 45.9 Å². The Morgan fingerprint density at radius 3 is 2.67 bits per heavy atom. The first-order valence-corrected chi connectivity index (χ1v) is 7.92. The summed E-state index contributed by atoms with van der Waals surface area (Å²) in [6.45, 7) is 11.1. The van der Waals surface area contributed by atoms with E-state index >= 15 is 0 Å². The van der Waals surface area contributed by atoms with Crippen molar-refractivity contribution < 1.29 is 9.47 Å². The van der Waals surface area contributed by atoms with Gasteiger partial charge in [0.1, 0.15) is 11.9 Å². The van der Waals surface area contributed by atoms with Gasteiger partial charge in [0.05, 0.1) is 0 Å². The molecule has 0 aliphatic heterocycles. The Labute approximate surface area is 129 Å².